The van der Waals surface area contributed by atoms with Gasteiger partial charge in [0.1, 0.15) is 0 Å². The predicted octanol–water partition coefficient (Wildman–Crippen LogP) is 4.38. The van der Waals surface area contributed by atoms with Crippen LogP contribution >= 0.6 is 23.2 Å². The first-order valence-corrected chi connectivity index (χ1v) is 7.97. The number of carbonyl (C=O) groups is 1. The quantitative estimate of drug-likeness (QED) is 0.899. The lowest BCUT2D eigenvalue weighted by molar-refractivity contribution is -0.116. The lowest BCUT2D eigenvalue weighted by Crippen LogP contribution is -2.26. The van der Waals surface area contributed by atoms with E-state index in [0.717, 1.165) is 13.0 Å². The first kappa shape index (κ1) is 15.2. The summed E-state index contributed by atoms with van der Waals surface area (Å²) in [5, 5.41) is 3.83. The van der Waals surface area contributed by atoms with Crippen LogP contribution in [0.2, 0.25) is 10.0 Å². The number of halogens is 2. The van der Waals surface area contributed by atoms with E-state index in [9.17, 15) is 4.79 Å². The van der Waals surface area contributed by atoms with Gasteiger partial charge >= 0.3 is 0 Å². The summed E-state index contributed by atoms with van der Waals surface area (Å²) in [7, 11) is 0. The van der Waals surface area contributed by atoms with Crippen molar-refractivity contribution in [2.24, 2.45) is 0 Å². The molecule has 22 heavy (non-hydrogen) atoms. The summed E-state index contributed by atoms with van der Waals surface area (Å²) in [5.74, 6) is -0.0476. The number of hydrogen-bond acceptors (Lipinski definition) is 2. The Morgan fingerprint density at radius 3 is 2.82 bits per heavy atom. The molecule has 1 aliphatic rings. The minimum absolute atomic E-state index is 0.0476. The van der Waals surface area contributed by atoms with E-state index >= 15 is 0 Å². The average molecular weight is 335 g/mol. The molecule has 0 aromatic heterocycles. The zero-order valence-corrected chi connectivity index (χ0v) is 13.5. The number of para-hydroxylation sites is 1. The van der Waals surface area contributed by atoms with Crippen molar-refractivity contribution in [3.63, 3.8) is 0 Å². The maximum Gasteiger partial charge on any atom is 0.226 e. The standard InChI is InChI=1S/C17H16Cl2N2O/c18-13-5-6-15(14(19)11-13)20-17(22)8-10-21-9-7-12-3-1-2-4-16(12)21/h1-6,11H,7-10H2,(H,20,22). The summed E-state index contributed by atoms with van der Waals surface area (Å²) in [6.45, 7) is 1.67. The van der Waals surface area contributed by atoms with Crippen molar-refractivity contribution in [1.29, 1.82) is 0 Å². The van der Waals surface area contributed by atoms with Crippen molar-refractivity contribution in [1.82, 2.24) is 0 Å². The molecule has 0 atom stereocenters. The fourth-order valence-electron chi connectivity index (χ4n) is 2.68. The number of carbonyl (C=O) groups excluding carboxylic acids is 1. The lowest BCUT2D eigenvalue weighted by atomic mass is 10.2. The summed E-state index contributed by atoms with van der Waals surface area (Å²) in [6.07, 6.45) is 1.47. The maximum absolute atomic E-state index is 12.1. The van der Waals surface area contributed by atoms with Gasteiger partial charge < -0.3 is 10.2 Å². The molecule has 0 aliphatic carbocycles. The fourth-order valence-corrected chi connectivity index (χ4v) is 3.13. The van der Waals surface area contributed by atoms with Crippen LogP contribution in [0, 0.1) is 0 Å². The first-order valence-electron chi connectivity index (χ1n) is 7.21. The van der Waals surface area contributed by atoms with Crippen LogP contribution in [0.15, 0.2) is 42.5 Å². The van der Waals surface area contributed by atoms with E-state index in [1.807, 2.05) is 6.07 Å². The molecular weight excluding hydrogens is 319 g/mol. The number of anilines is 2. The Balaban J connectivity index is 1.57. The molecule has 1 heterocycles. The highest BCUT2D eigenvalue weighted by atomic mass is 35.5. The van der Waals surface area contributed by atoms with Crippen LogP contribution in [0.4, 0.5) is 11.4 Å². The zero-order valence-electron chi connectivity index (χ0n) is 12.0. The van der Waals surface area contributed by atoms with Gasteiger partial charge in [-0.2, -0.15) is 0 Å². The Labute approximate surface area is 139 Å². The van der Waals surface area contributed by atoms with Crippen molar-refractivity contribution in [3.8, 4) is 0 Å². The van der Waals surface area contributed by atoms with Crippen molar-refractivity contribution in [2.45, 2.75) is 12.8 Å². The SMILES string of the molecule is O=C(CCN1CCc2ccccc21)Nc1ccc(Cl)cc1Cl. The van der Waals surface area contributed by atoms with Crippen LogP contribution in [-0.4, -0.2) is 19.0 Å². The van der Waals surface area contributed by atoms with Crippen molar-refractivity contribution in [2.75, 3.05) is 23.3 Å². The van der Waals surface area contributed by atoms with E-state index in [-0.39, 0.29) is 5.91 Å². The van der Waals surface area contributed by atoms with E-state index in [1.165, 1.54) is 11.3 Å². The normalized spacial score (nSPS) is 13.1. The number of hydrogen-bond donors (Lipinski definition) is 1. The number of benzene rings is 2. The largest absolute Gasteiger partial charge is 0.370 e. The molecule has 0 fully saturated rings. The molecule has 1 amide bonds. The minimum Gasteiger partial charge on any atom is -0.370 e. The fraction of sp³-hybridized carbons (Fsp3) is 0.235. The number of nitrogens with one attached hydrogen (secondary N) is 1. The van der Waals surface area contributed by atoms with Crippen LogP contribution < -0.4 is 10.2 Å². The van der Waals surface area contributed by atoms with Crippen LogP contribution in [0.1, 0.15) is 12.0 Å². The lowest BCUT2D eigenvalue weighted by Gasteiger charge is -2.19. The van der Waals surface area contributed by atoms with Crippen molar-refractivity contribution in [3.05, 3.63) is 58.1 Å². The zero-order chi connectivity index (χ0) is 15.5. The molecule has 3 rings (SSSR count). The third-order valence-corrected chi connectivity index (χ3v) is 4.35. The second kappa shape index (κ2) is 6.59. The minimum atomic E-state index is -0.0476. The molecule has 3 nitrogen and oxygen atoms in total. The Kier molecular flexibility index (Phi) is 4.55. The molecule has 0 saturated carbocycles. The summed E-state index contributed by atoms with van der Waals surface area (Å²) in [4.78, 5) is 14.3. The molecule has 114 valence electrons. The summed E-state index contributed by atoms with van der Waals surface area (Å²) in [5.41, 5.74) is 3.18. The van der Waals surface area contributed by atoms with Gasteiger partial charge in [0.05, 0.1) is 10.7 Å². The van der Waals surface area contributed by atoms with E-state index in [1.54, 1.807) is 18.2 Å². The van der Waals surface area contributed by atoms with Crippen molar-refractivity contribution < 1.29 is 4.79 Å². The van der Waals surface area contributed by atoms with Gasteiger partial charge in [-0.3, -0.25) is 4.79 Å². The molecule has 2 aromatic rings. The monoisotopic (exact) mass is 334 g/mol. The van der Waals surface area contributed by atoms with Gasteiger partial charge in [-0.15, -0.1) is 0 Å². The molecule has 0 unspecified atom stereocenters. The second-order valence-corrected chi connectivity index (χ2v) is 6.13. The Hall–Kier alpha value is -1.71. The molecular formula is C17H16Cl2N2O. The molecule has 0 radical (unpaired) electrons. The van der Waals surface area contributed by atoms with Crippen LogP contribution in [0.3, 0.4) is 0 Å². The highest BCUT2D eigenvalue weighted by Crippen LogP contribution is 2.28. The topological polar surface area (TPSA) is 32.3 Å². The second-order valence-electron chi connectivity index (χ2n) is 5.29. The highest BCUT2D eigenvalue weighted by Gasteiger charge is 2.18. The van der Waals surface area contributed by atoms with E-state index < -0.39 is 0 Å². The summed E-state index contributed by atoms with van der Waals surface area (Å²) < 4.78 is 0. The highest BCUT2D eigenvalue weighted by molar-refractivity contribution is 6.36. The van der Waals surface area contributed by atoms with E-state index in [2.05, 4.69) is 28.4 Å². The van der Waals surface area contributed by atoms with Gasteiger partial charge in [-0.25, -0.2) is 0 Å². The number of rotatable bonds is 4. The smallest absolute Gasteiger partial charge is 0.226 e. The van der Waals surface area contributed by atoms with Gasteiger partial charge in [0.15, 0.2) is 0 Å². The van der Waals surface area contributed by atoms with E-state index in [0.29, 0.717) is 28.7 Å². The van der Waals surface area contributed by atoms with Gasteiger partial charge in [0, 0.05) is 30.2 Å². The Morgan fingerprint density at radius 1 is 1.18 bits per heavy atom. The number of nitrogens with zero attached hydrogens (tertiary/aromatic N) is 1. The predicted molar refractivity (Wildman–Crippen MR) is 92.1 cm³/mol. The van der Waals surface area contributed by atoms with Crippen LogP contribution in [0.5, 0.6) is 0 Å². The van der Waals surface area contributed by atoms with Gasteiger partial charge in [-0.1, -0.05) is 41.4 Å². The molecule has 5 heteroatoms. The average Bonchev–Trinajstić information content (AvgIpc) is 2.91. The van der Waals surface area contributed by atoms with E-state index in [4.69, 9.17) is 23.2 Å². The molecule has 1 N–H and O–H groups in total. The Bertz CT molecular complexity index is 703. The van der Waals surface area contributed by atoms with Crippen LogP contribution in [-0.2, 0) is 11.2 Å². The molecule has 0 spiro atoms. The van der Waals surface area contributed by atoms with Crippen molar-refractivity contribution >= 4 is 40.5 Å². The number of amides is 1. The van der Waals surface area contributed by atoms with Gasteiger partial charge in [0.2, 0.25) is 5.91 Å². The Morgan fingerprint density at radius 2 is 2.00 bits per heavy atom. The number of fused-ring (bicyclic) bond motifs is 1. The van der Waals surface area contributed by atoms with Gasteiger partial charge in [-0.05, 0) is 36.2 Å². The maximum atomic E-state index is 12.1. The molecule has 2 aromatic carbocycles. The summed E-state index contributed by atoms with van der Waals surface area (Å²) >= 11 is 11.9. The molecule has 0 bridgehead atoms. The first-order chi connectivity index (χ1) is 10.6. The third kappa shape index (κ3) is 3.37. The summed E-state index contributed by atoms with van der Waals surface area (Å²) in [6, 6.07) is 13.4. The molecule has 0 saturated heterocycles. The van der Waals surface area contributed by atoms with Crippen LogP contribution in [0.25, 0.3) is 0 Å². The molecule has 1 aliphatic heterocycles. The van der Waals surface area contributed by atoms with Gasteiger partial charge in [0.25, 0.3) is 0 Å². The third-order valence-electron chi connectivity index (χ3n) is 3.80.